The fourth-order valence-electron chi connectivity index (χ4n) is 2.87. The van der Waals surface area contributed by atoms with Gasteiger partial charge in [0.25, 0.3) is 0 Å². The molecule has 0 aliphatic heterocycles. The number of hydrogen-bond acceptors (Lipinski definition) is 1. The molecule has 1 nitrogen and oxygen atoms in total. The Kier molecular flexibility index (Phi) is 8.63. The van der Waals surface area contributed by atoms with E-state index in [4.69, 9.17) is 0 Å². The second-order valence-electron chi connectivity index (χ2n) is 6.24. The average Bonchev–Trinajstić information content (AvgIpc) is 2.42. The summed E-state index contributed by atoms with van der Waals surface area (Å²) in [7, 11) is 0. The summed E-state index contributed by atoms with van der Waals surface area (Å²) in [6.07, 6.45) is 13.1. The molecule has 0 aromatic carbocycles. The molecule has 0 aromatic heterocycles. The van der Waals surface area contributed by atoms with Crippen LogP contribution < -0.4 is 0 Å². The Bertz CT molecular complexity index is 264. The van der Waals surface area contributed by atoms with Crippen molar-refractivity contribution in [2.75, 3.05) is 0 Å². The van der Waals surface area contributed by atoms with Crippen molar-refractivity contribution >= 4 is 28.9 Å². The molecule has 0 amide bonds. The normalized spacial score (nSPS) is 20.0. The minimum absolute atomic E-state index is 0.480. The Morgan fingerprint density at radius 2 is 1.58 bits per heavy atom. The van der Waals surface area contributed by atoms with Gasteiger partial charge in [0.1, 0.15) is 0 Å². The Hall–Kier alpha value is 0.979. The molecule has 0 heterocycles. The number of rotatable bonds is 8. The summed E-state index contributed by atoms with van der Waals surface area (Å²) < 4.78 is 5.25. The molecule has 1 aliphatic carbocycles. The number of hydrogen-bond donors (Lipinski definition) is 1. The summed E-state index contributed by atoms with van der Waals surface area (Å²) in [5, 5.41) is 10.6. The van der Waals surface area contributed by atoms with Crippen LogP contribution in [0.25, 0.3) is 0 Å². The predicted molar refractivity (Wildman–Crippen MR) is 91.3 cm³/mol. The van der Waals surface area contributed by atoms with Crippen molar-refractivity contribution in [2.24, 2.45) is 0 Å². The van der Waals surface area contributed by atoms with Gasteiger partial charge in [0.15, 0.2) is 0 Å². The summed E-state index contributed by atoms with van der Waals surface area (Å²) in [5.41, 5.74) is -0.480. The first kappa shape index (κ1) is 18.0. The average molecular weight is 438 g/mol. The van der Waals surface area contributed by atoms with Gasteiger partial charge in [-0.15, -0.1) is 0 Å². The zero-order chi connectivity index (χ0) is 14.2. The van der Waals surface area contributed by atoms with E-state index in [1.165, 1.54) is 53.8 Å². The van der Waals surface area contributed by atoms with E-state index in [2.05, 4.69) is 36.7 Å². The van der Waals surface area contributed by atoms with Crippen LogP contribution in [0.5, 0.6) is 0 Å². The van der Waals surface area contributed by atoms with Gasteiger partial charge in [-0.1, -0.05) is 0 Å². The monoisotopic (exact) mass is 438 g/mol. The quantitative estimate of drug-likeness (QED) is 0.481. The molecule has 0 saturated heterocycles. The van der Waals surface area contributed by atoms with E-state index in [0.29, 0.717) is 0 Å². The summed E-state index contributed by atoms with van der Waals surface area (Å²) in [4.78, 5) is 0. The maximum absolute atomic E-state index is 10.6. The Morgan fingerprint density at radius 3 is 2.05 bits per heavy atom. The molecule has 19 heavy (non-hydrogen) atoms. The van der Waals surface area contributed by atoms with Crippen LogP contribution in [0.1, 0.15) is 71.6 Å². The molecule has 1 fully saturated rings. The maximum atomic E-state index is 10.6. The zero-order valence-electron chi connectivity index (χ0n) is 12.8. The topological polar surface area (TPSA) is 20.2 Å². The second kappa shape index (κ2) is 9.09. The van der Waals surface area contributed by atoms with Crippen molar-refractivity contribution in [1.82, 2.24) is 0 Å². The van der Waals surface area contributed by atoms with Gasteiger partial charge in [-0.05, 0) is 0 Å². The third-order valence-corrected chi connectivity index (χ3v) is 20.3. The van der Waals surface area contributed by atoms with Crippen molar-refractivity contribution in [3.8, 4) is 0 Å². The van der Waals surface area contributed by atoms with Crippen LogP contribution in [-0.4, -0.2) is 26.9 Å². The standard InChI is InChI=1S/C8H13O.2C4H9.BrH.Sn/c1-2-8(9)6-4-3-5-7-8;2*1-3-4-2;;/h1-2,9H,3-7H2;2*1,3-4H2,2H3;1H;/q;;;;+1/p-1. The molecule has 0 spiro atoms. The number of unbranched alkanes of at least 4 members (excludes halogenated alkanes) is 2. The summed E-state index contributed by atoms with van der Waals surface area (Å²) in [6.45, 7) is 4.55. The van der Waals surface area contributed by atoms with E-state index in [1.54, 1.807) is 0 Å². The van der Waals surface area contributed by atoms with Crippen molar-refractivity contribution in [1.29, 1.82) is 0 Å². The van der Waals surface area contributed by atoms with Crippen LogP contribution >= 0.6 is 12.7 Å². The molecule has 0 atom stereocenters. The van der Waals surface area contributed by atoms with Crippen molar-refractivity contribution in [3.05, 3.63) is 10.2 Å². The van der Waals surface area contributed by atoms with Crippen molar-refractivity contribution < 1.29 is 5.11 Å². The molecule has 0 unspecified atom stereocenters. The van der Waals surface area contributed by atoms with Gasteiger partial charge < -0.3 is 0 Å². The van der Waals surface area contributed by atoms with E-state index in [0.717, 1.165) is 12.8 Å². The molecular weight excluding hydrogens is 407 g/mol. The van der Waals surface area contributed by atoms with Gasteiger partial charge in [-0.2, -0.15) is 0 Å². The molecule has 3 heteroatoms. The third-order valence-electron chi connectivity index (χ3n) is 4.30. The molecule has 1 saturated carbocycles. The molecule has 112 valence electrons. The first-order chi connectivity index (χ1) is 9.04. The SMILES string of the molecule is CCC[CH2][Sn]([Br])(/[CH]=C\C1(O)CCCCC1)[CH2]CCC. The van der Waals surface area contributed by atoms with Gasteiger partial charge in [-0.3, -0.25) is 0 Å². The number of aliphatic hydroxyl groups is 1. The molecule has 1 aliphatic rings. The molecule has 0 radical (unpaired) electrons. The van der Waals surface area contributed by atoms with Crippen molar-refractivity contribution in [2.45, 2.75) is 86.1 Å². The van der Waals surface area contributed by atoms with Gasteiger partial charge in [-0.25, -0.2) is 0 Å². The minimum atomic E-state index is -2.25. The molecule has 0 aromatic rings. The molecule has 1 N–H and O–H groups in total. The predicted octanol–water partition coefficient (Wildman–Crippen LogP) is 5.72. The van der Waals surface area contributed by atoms with Crippen molar-refractivity contribution in [3.63, 3.8) is 0 Å². The summed E-state index contributed by atoms with van der Waals surface area (Å²) >= 11 is 1.90. The Balaban J connectivity index is 2.63. The zero-order valence-corrected chi connectivity index (χ0v) is 17.2. The van der Waals surface area contributed by atoms with Crippen LogP contribution in [0.3, 0.4) is 0 Å². The molecule has 0 bridgehead atoms. The van der Waals surface area contributed by atoms with Crippen LogP contribution in [0.2, 0.25) is 8.87 Å². The van der Waals surface area contributed by atoms with E-state index in [1.807, 2.05) is 0 Å². The fourth-order valence-corrected chi connectivity index (χ4v) is 16.3. The van der Waals surface area contributed by atoms with E-state index < -0.39 is 21.8 Å². The van der Waals surface area contributed by atoms with Crippen LogP contribution in [-0.2, 0) is 0 Å². The van der Waals surface area contributed by atoms with Crippen LogP contribution in [0, 0.1) is 0 Å². The van der Waals surface area contributed by atoms with Gasteiger partial charge in [0.05, 0.1) is 0 Å². The first-order valence-corrected chi connectivity index (χ1v) is 20.2. The number of halogens is 1. The van der Waals surface area contributed by atoms with Gasteiger partial charge in [0, 0.05) is 0 Å². The van der Waals surface area contributed by atoms with Crippen LogP contribution in [0.15, 0.2) is 10.2 Å². The Morgan fingerprint density at radius 1 is 1.05 bits per heavy atom. The summed E-state index contributed by atoms with van der Waals surface area (Å²) in [5.74, 6) is 0. The van der Waals surface area contributed by atoms with Crippen LogP contribution in [0.4, 0.5) is 0 Å². The second-order valence-corrected chi connectivity index (χ2v) is 26.5. The van der Waals surface area contributed by atoms with E-state index in [9.17, 15) is 5.11 Å². The summed E-state index contributed by atoms with van der Waals surface area (Å²) in [6, 6.07) is 0. The van der Waals surface area contributed by atoms with Gasteiger partial charge in [0.2, 0.25) is 0 Å². The Labute approximate surface area is 129 Å². The van der Waals surface area contributed by atoms with E-state index >= 15 is 0 Å². The fraction of sp³-hybridized carbons (Fsp3) is 0.875. The molecular formula is C16H31BrOSn. The van der Waals surface area contributed by atoms with E-state index in [-0.39, 0.29) is 0 Å². The first-order valence-electron chi connectivity index (χ1n) is 8.15. The van der Waals surface area contributed by atoms with Gasteiger partial charge >= 0.3 is 130 Å². The molecule has 1 rings (SSSR count). The third kappa shape index (κ3) is 6.99.